The standard InChI is InChI=1S/C19H36BN3O4/c1-17(2,3)26-16(24)23-10-8-15(9-11-23)22-13-14(12-21)20-27-19(6,7)18(4,5)25/h12-13,15,20-22,25H,8-11H2,1-7H3/b14-13+,21-12?. The summed E-state index contributed by atoms with van der Waals surface area (Å²) in [4.78, 5) is 13.8. The highest BCUT2D eigenvalue weighted by Crippen LogP contribution is 2.24. The molecule has 0 saturated carbocycles. The van der Waals surface area contributed by atoms with E-state index in [4.69, 9.17) is 14.8 Å². The first-order valence-corrected chi connectivity index (χ1v) is 9.55. The van der Waals surface area contributed by atoms with Crippen LogP contribution in [0.2, 0.25) is 0 Å². The van der Waals surface area contributed by atoms with Crippen molar-refractivity contribution in [2.45, 2.75) is 84.2 Å². The van der Waals surface area contributed by atoms with Crippen LogP contribution in [0.5, 0.6) is 0 Å². The molecule has 7 nitrogen and oxygen atoms in total. The van der Waals surface area contributed by atoms with E-state index in [9.17, 15) is 9.90 Å². The molecule has 0 aromatic carbocycles. The number of ether oxygens (including phenoxy) is 1. The maximum atomic E-state index is 12.1. The van der Waals surface area contributed by atoms with Gasteiger partial charge in [-0.2, -0.15) is 0 Å². The van der Waals surface area contributed by atoms with Crippen molar-refractivity contribution in [2.75, 3.05) is 13.1 Å². The Balaban J connectivity index is 2.48. The Hall–Kier alpha value is -1.54. The molecular weight excluding hydrogens is 345 g/mol. The largest absolute Gasteiger partial charge is 0.444 e. The molecular formula is C19H36BN3O4. The Kier molecular flexibility index (Phi) is 7.93. The minimum atomic E-state index is -0.984. The van der Waals surface area contributed by atoms with Crippen LogP contribution < -0.4 is 5.32 Å². The molecule has 1 saturated heterocycles. The minimum absolute atomic E-state index is 0.237. The number of amides is 1. The summed E-state index contributed by atoms with van der Waals surface area (Å²) in [5.41, 5.74) is -1.50. The Morgan fingerprint density at radius 3 is 2.19 bits per heavy atom. The SMILES string of the molecule is CC(C)(C)OC(=O)N1CCC(N/C=C(/BOC(C)(C)C(C)(C)O)C=N)CC1. The van der Waals surface area contributed by atoms with Crippen molar-refractivity contribution < 1.29 is 19.3 Å². The van der Waals surface area contributed by atoms with Crippen molar-refractivity contribution in [3.63, 3.8) is 0 Å². The van der Waals surface area contributed by atoms with Gasteiger partial charge in [-0.05, 0) is 73.0 Å². The molecule has 1 heterocycles. The van der Waals surface area contributed by atoms with Gasteiger partial charge in [0.25, 0.3) is 0 Å². The van der Waals surface area contributed by atoms with E-state index >= 15 is 0 Å². The van der Waals surface area contributed by atoms with Crippen molar-refractivity contribution in [3.05, 3.63) is 11.7 Å². The van der Waals surface area contributed by atoms with Crippen LogP contribution in [0.4, 0.5) is 4.79 Å². The zero-order chi connectivity index (χ0) is 20.9. The number of hydrogen-bond donors (Lipinski definition) is 3. The van der Waals surface area contributed by atoms with Crippen LogP contribution in [-0.4, -0.2) is 65.7 Å². The molecule has 8 heteroatoms. The van der Waals surface area contributed by atoms with Crippen molar-refractivity contribution in [3.8, 4) is 0 Å². The lowest BCUT2D eigenvalue weighted by Gasteiger charge is -2.37. The van der Waals surface area contributed by atoms with E-state index in [1.807, 2.05) is 34.6 Å². The third kappa shape index (κ3) is 7.93. The normalized spacial score (nSPS) is 17.5. The van der Waals surface area contributed by atoms with E-state index in [-0.39, 0.29) is 19.6 Å². The molecule has 0 unspecified atom stereocenters. The zero-order valence-corrected chi connectivity index (χ0v) is 17.9. The summed E-state index contributed by atoms with van der Waals surface area (Å²) in [7, 11) is 0.240. The predicted molar refractivity (Wildman–Crippen MR) is 109 cm³/mol. The van der Waals surface area contributed by atoms with Gasteiger partial charge in [0.1, 0.15) is 5.60 Å². The summed E-state index contributed by atoms with van der Waals surface area (Å²) in [6, 6.07) is 0.237. The molecule has 0 atom stereocenters. The molecule has 3 N–H and O–H groups in total. The molecule has 1 aliphatic rings. The van der Waals surface area contributed by atoms with E-state index in [1.54, 1.807) is 24.9 Å². The number of carbonyl (C=O) groups is 1. The Bertz CT molecular complexity index is 542. The lowest BCUT2D eigenvalue weighted by molar-refractivity contribution is -0.0895. The Morgan fingerprint density at radius 2 is 1.74 bits per heavy atom. The summed E-state index contributed by atoms with van der Waals surface area (Å²) in [6.45, 7) is 13.9. The molecule has 1 aliphatic heterocycles. The van der Waals surface area contributed by atoms with Crippen LogP contribution in [0.25, 0.3) is 0 Å². The fourth-order valence-electron chi connectivity index (χ4n) is 2.35. The molecule has 1 fully saturated rings. The monoisotopic (exact) mass is 381 g/mol. The van der Waals surface area contributed by atoms with Gasteiger partial charge in [0.15, 0.2) is 0 Å². The van der Waals surface area contributed by atoms with Crippen LogP contribution in [0.15, 0.2) is 11.7 Å². The van der Waals surface area contributed by atoms with Crippen LogP contribution in [-0.2, 0) is 9.39 Å². The second-order valence-corrected chi connectivity index (χ2v) is 9.13. The minimum Gasteiger partial charge on any atom is -0.444 e. The highest BCUT2D eigenvalue weighted by atomic mass is 16.6. The third-order valence-electron chi connectivity index (χ3n) is 4.91. The maximum Gasteiger partial charge on any atom is 0.410 e. The van der Waals surface area contributed by atoms with Gasteiger partial charge in [-0.25, -0.2) is 4.79 Å². The quantitative estimate of drug-likeness (QED) is 0.465. The first-order valence-electron chi connectivity index (χ1n) is 9.55. The molecule has 0 spiro atoms. The molecule has 1 rings (SSSR count). The van der Waals surface area contributed by atoms with Crippen molar-refractivity contribution >= 4 is 19.8 Å². The lowest BCUT2D eigenvalue weighted by Crippen LogP contribution is -2.48. The van der Waals surface area contributed by atoms with Gasteiger partial charge in [0.05, 0.1) is 11.2 Å². The van der Waals surface area contributed by atoms with Gasteiger partial charge >= 0.3 is 13.6 Å². The maximum absolute atomic E-state index is 12.1. The topological polar surface area (TPSA) is 94.9 Å². The van der Waals surface area contributed by atoms with Crippen molar-refractivity contribution in [1.29, 1.82) is 5.41 Å². The summed E-state index contributed by atoms with van der Waals surface area (Å²) in [6.07, 6.45) is 4.41. The number of allylic oxidation sites excluding steroid dienone is 1. The second-order valence-electron chi connectivity index (χ2n) is 9.13. The van der Waals surface area contributed by atoms with Crippen LogP contribution >= 0.6 is 0 Å². The number of hydrogen-bond acceptors (Lipinski definition) is 6. The molecule has 1 amide bonds. The van der Waals surface area contributed by atoms with E-state index in [0.29, 0.717) is 18.6 Å². The fourth-order valence-corrected chi connectivity index (χ4v) is 2.35. The molecule has 0 radical (unpaired) electrons. The van der Waals surface area contributed by atoms with Gasteiger partial charge in [0, 0.05) is 25.3 Å². The Morgan fingerprint density at radius 1 is 1.19 bits per heavy atom. The molecule has 27 heavy (non-hydrogen) atoms. The summed E-state index contributed by atoms with van der Waals surface area (Å²) >= 11 is 0. The smallest absolute Gasteiger partial charge is 0.410 e. The highest BCUT2D eigenvalue weighted by molar-refractivity contribution is 6.45. The number of nitrogens with one attached hydrogen (secondary N) is 2. The van der Waals surface area contributed by atoms with E-state index < -0.39 is 16.8 Å². The summed E-state index contributed by atoms with van der Waals surface area (Å²) < 4.78 is 11.2. The number of likely N-dealkylation sites (tertiary alicyclic amines) is 1. The van der Waals surface area contributed by atoms with Gasteiger partial charge in [0.2, 0.25) is 0 Å². The fraction of sp³-hybridized carbons (Fsp3) is 0.789. The average Bonchev–Trinajstić information content (AvgIpc) is 2.52. The van der Waals surface area contributed by atoms with E-state index in [2.05, 4.69) is 5.32 Å². The Labute approximate surface area is 164 Å². The third-order valence-corrected chi connectivity index (χ3v) is 4.91. The van der Waals surface area contributed by atoms with Gasteiger partial charge in [-0.1, -0.05) is 0 Å². The number of nitrogens with zero attached hydrogens (tertiary/aromatic N) is 1. The second kappa shape index (κ2) is 9.10. The van der Waals surface area contributed by atoms with Crippen LogP contribution in [0.3, 0.4) is 0 Å². The lowest BCUT2D eigenvalue weighted by atomic mass is 9.83. The number of piperidine rings is 1. The number of aliphatic hydroxyl groups is 1. The summed E-state index contributed by atoms with van der Waals surface area (Å²) in [5.74, 6) is 0. The van der Waals surface area contributed by atoms with E-state index in [1.165, 1.54) is 6.21 Å². The van der Waals surface area contributed by atoms with Crippen molar-refractivity contribution in [1.82, 2.24) is 10.2 Å². The zero-order valence-electron chi connectivity index (χ0n) is 17.9. The van der Waals surface area contributed by atoms with Gasteiger partial charge in [-0.3, -0.25) is 0 Å². The van der Waals surface area contributed by atoms with Crippen LogP contribution in [0.1, 0.15) is 61.3 Å². The van der Waals surface area contributed by atoms with Crippen LogP contribution in [0, 0.1) is 5.41 Å². The first kappa shape index (κ1) is 23.5. The summed E-state index contributed by atoms with van der Waals surface area (Å²) in [5, 5.41) is 21.0. The van der Waals surface area contributed by atoms with Gasteiger partial charge in [-0.15, -0.1) is 0 Å². The molecule has 0 aliphatic carbocycles. The molecule has 0 aromatic heterocycles. The highest BCUT2D eigenvalue weighted by Gasteiger charge is 2.35. The molecule has 154 valence electrons. The van der Waals surface area contributed by atoms with Gasteiger partial charge < -0.3 is 30.1 Å². The van der Waals surface area contributed by atoms with Crippen molar-refractivity contribution in [2.24, 2.45) is 0 Å². The predicted octanol–water partition coefficient (Wildman–Crippen LogP) is 2.38. The number of carbonyl (C=O) groups excluding carboxylic acids is 1. The average molecular weight is 381 g/mol. The first-order chi connectivity index (χ1) is 12.2. The van der Waals surface area contributed by atoms with E-state index in [0.717, 1.165) is 12.8 Å². The molecule has 0 aromatic rings. The molecule has 0 bridgehead atoms. The number of rotatable bonds is 7.